The molecular weight excluding hydrogens is 454 g/mol. The fourth-order valence-electron chi connectivity index (χ4n) is 5.50. The second-order valence-corrected chi connectivity index (χ2v) is 10.7. The highest BCUT2D eigenvalue weighted by Gasteiger charge is 2.64. The van der Waals surface area contributed by atoms with Crippen molar-refractivity contribution in [1.29, 1.82) is 0 Å². The average Bonchev–Trinajstić information content (AvgIpc) is 2.81. The molecule has 34 heavy (non-hydrogen) atoms. The van der Waals surface area contributed by atoms with Crippen molar-refractivity contribution in [2.45, 2.75) is 58.8 Å². The Labute approximate surface area is 205 Å². The summed E-state index contributed by atoms with van der Waals surface area (Å²) in [5, 5.41) is 21.6. The molecule has 1 saturated carbocycles. The Morgan fingerprint density at radius 3 is 2.41 bits per heavy atom. The van der Waals surface area contributed by atoms with Crippen LogP contribution in [-0.4, -0.2) is 52.6 Å². The zero-order chi connectivity index (χ0) is 24.7. The molecule has 1 saturated heterocycles. The zero-order valence-corrected chi connectivity index (χ0v) is 20.6. The van der Waals surface area contributed by atoms with Gasteiger partial charge in [-0.05, 0) is 37.1 Å². The van der Waals surface area contributed by atoms with Gasteiger partial charge in [-0.3, -0.25) is 4.79 Å². The van der Waals surface area contributed by atoms with Crippen LogP contribution in [0.5, 0.6) is 5.75 Å². The van der Waals surface area contributed by atoms with E-state index in [2.05, 4.69) is 53.0 Å². The number of aromatic nitrogens is 2. The third kappa shape index (κ3) is 4.42. The first-order valence-electron chi connectivity index (χ1n) is 11.5. The highest BCUT2D eigenvalue weighted by Crippen LogP contribution is 2.55. The number of aliphatic hydroxyl groups excluding tert-OH is 1. The van der Waals surface area contributed by atoms with Crippen LogP contribution in [0.4, 0.5) is 11.5 Å². The van der Waals surface area contributed by atoms with Crippen molar-refractivity contribution in [3.8, 4) is 5.75 Å². The molecule has 1 aliphatic heterocycles. The molecule has 2 aromatic rings. The van der Waals surface area contributed by atoms with Crippen LogP contribution in [0.3, 0.4) is 0 Å². The summed E-state index contributed by atoms with van der Waals surface area (Å²) in [6.45, 7) is 16.8. The van der Waals surface area contributed by atoms with Crippen molar-refractivity contribution in [3.05, 3.63) is 52.5 Å². The third-order valence-corrected chi connectivity index (χ3v) is 7.38. The lowest BCUT2D eigenvalue weighted by molar-refractivity contribution is -0.164. The number of rotatable bonds is 5. The standard InChI is InChI=1S/C25H30ClN5O3/c1-24(2)22(25(3,4)23(24)34-16-6-7-18(27-5)17(26)14-16)28-21(33)19-8-9-20(30-29-19)31-12-10-15(32)11-13-31/h6-9,14-15,22-23,32H,10-13H2,1-4H3,(H,28,33). The first-order valence-corrected chi connectivity index (χ1v) is 11.8. The number of halogens is 1. The van der Waals surface area contributed by atoms with E-state index in [1.54, 1.807) is 30.3 Å². The molecule has 2 heterocycles. The maximum absolute atomic E-state index is 13.0. The molecule has 0 spiro atoms. The Kier molecular flexibility index (Phi) is 6.45. The molecule has 1 amide bonds. The number of carbonyl (C=O) groups excluding carboxylic acids is 1. The number of hydrogen-bond donors (Lipinski definition) is 2. The van der Waals surface area contributed by atoms with E-state index in [4.69, 9.17) is 22.9 Å². The van der Waals surface area contributed by atoms with Gasteiger partial charge in [-0.2, -0.15) is 0 Å². The lowest BCUT2D eigenvalue weighted by Gasteiger charge is -2.63. The number of carbonyl (C=O) groups is 1. The number of amides is 1. The van der Waals surface area contributed by atoms with Crippen LogP contribution in [0.2, 0.25) is 5.02 Å². The summed E-state index contributed by atoms with van der Waals surface area (Å²) in [5.74, 6) is 1.03. The average molecular weight is 484 g/mol. The van der Waals surface area contributed by atoms with Crippen LogP contribution in [0, 0.1) is 17.4 Å². The van der Waals surface area contributed by atoms with Crippen LogP contribution < -0.4 is 15.0 Å². The van der Waals surface area contributed by atoms with E-state index >= 15 is 0 Å². The number of nitrogens with zero attached hydrogens (tertiary/aromatic N) is 4. The molecule has 0 bridgehead atoms. The van der Waals surface area contributed by atoms with E-state index in [0.29, 0.717) is 35.1 Å². The molecule has 2 aliphatic rings. The van der Waals surface area contributed by atoms with E-state index in [0.717, 1.165) is 13.1 Å². The largest absolute Gasteiger partial charge is 0.489 e. The Balaban J connectivity index is 1.42. The van der Waals surface area contributed by atoms with Crippen molar-refractivity contribution in [3.63, 3.8) is 0 Å². The summed E-state index contributed by atoms with van der Waals surface area (Å²) >= 11 is 6.17. The molecule has 1 aliphatic carbocycles. The van der Waals surface area contributed by atoms with Crippen LogP contribution >= 0.6 is 11.6 Å². The van der Waals surface area contributed by atoms with Gasteiger partial charge in [0.25, 0.3) is 5.91 Å². The lowest BCUT2D eigenvalue weighted by Crippen LogP contribution is -2.74. The highest BCUT2D eigenvalue weighted by atomic mass is 35.5. The van der Waals surface area contributed by atoms with Gasteiger partial charge in [-0.25, -0.2) is 4.85 Å². The molecule has 2 fully saturated rings. The minimum Gasteiger partial charge on any atom is -0.489 e. The van der Waals surface area contributed by atoms with Crippen molar-refractivity contribution in [1.82, 2.24) is 15.5 Å². The summed E-state index contributed by atoms with van der Waals surface area (Å²) in [6.07, 6.45) is 0.971. The first-order chi connectivity index (χ1) is 16.0. The smallest absolute Gasteiger partial charge is 0.272 e. The Morgan fingerprint density at radius 1 is 1.18 bits per heavy atom. The SMILES string of the molecule is [C-]#[N+]c1ccc(OC2C(C)(C)C(NC(=O)c3ccc(N4CCC(O)CC4)nn3)C2(C)C)cc1Cl. The minimum absolute atomic E-state index is 0.152. The predicted octanol–water partition coefficient (Wildman–Crippen LogP) is 4.25. The number of nitrogens with one attached hydrogen (secondary N) is 1. The van der Waals surface area contributed by atoms with E-state index in [-0.39, 0.29) is 40.7 Å². The molecule has 0 atom stereocenters. The summed E-state index contributed by atoms with van der Waals surface area (Å²) < 4.78 is 6.28. The van der Waals surface area contributed by atoms with Gasteiger partial charge < -0.3 is 20.1 Å². The van der Waals surface area contributed by atoms with Crippen LogP contribution in [0.15, 0.2) is 30.3 Å². The monoisotopic (exact) mass is 483 g/mol. The quantitative estimate of drug-likeness (QED) is 0.617. The van der Waals surface area contributed by atoms with E-state index in [1.807, 2.05) is 0 Å². The number of piperidine rings is 1. The molecule has 1 aromatic carbocycles. The van der Waals surface area contributed by atoms with Crippen LogP contribution in [0.1, 0.15) is 51.0 Å². The Morgan fingerprint density at radius 2 is 1.85 bits per heavy atom. The second kappa shape index (κ2) is 9.05. The Bertz CT molecular complexity index is 1090. The van der Waals surface area contributed by atoms with Gasteiger partial charge in [0, 0.05) is 30.0 Å². The summed E-state index contributed by atoms with van der Waals surface area (Å²) in [7, 11) is 0. The van der Waals surface area contributed by atoms with Crippen molar-refractivity contribution < 1.29 is 14.6 Å². The zero-order valence-electron chi connectivity index (χ0n) is 19.9. The maximum Gasteiger partial charge on any atom is 0.272 e. The van der Waals surface area contributed by atoms with E-state index in [9.17, 15) is 9.90 Å². The lowest BCUT2D eigenvalue weighted by atomic mass is 9.49. The number of benzene rings is 1. The van der Waals surface area contributed by atoms with Crippen molar-refractivity contribution in [2.75, 3.05) is 18.0 Å². The maximum atomic E-state index is 13.0. The van der Waals surface area contributed by atoms with Gasteiger partial charge in [0.05, 0.1) is 17.7 Å². The fourth-order valence-corrected chi connectivity index (χ4v) is 5.72. The van der Waals surface area contributed by atoms with Crippen LogP contribution in [0.25, 0.3) is 4.85 Å². The summed E-state index contributed by atoms with van der Waals surface area (Å²) in [5.41, 5.74) is -0.0623. The summed E-state index contributed by atoms with van der Waals surface area (Å²) in [4.78, 5) is 18.4. The van der Waals surface area contributed by atoms with Gasteiger partial charge >= 0.3 is 0 Å². The molecule has 4 rings (SSSR count). The highest BCUT2D eigenvalue weighted by molar-refractivity contribution is 6.33. The number of anilines is 1. The normalized spacial score (nSPS) is 23.5. The van der Waals surface area contributed by atoms with Crippen LogP contribution in [-0.2, 0) is 0 Å². The first kappa shape index (κ1) is 24.2. The second-order valence-electron chi connectivity index (χ2n) is 10.3. The Hall–Kier alpha value is -2.89. The molecule has 9 heteroatoms. The van der Waals surface area contributed by atoms with Gasteiger partial charge in [-0.15, -0.1) is 10.2 Å². The number of ether oxygens (including phenoxy) is 1. The fraction of sp³-hybridized carbons (Fsp3) is 0.520. The predicted molar refractivity (Wildman–Crippen MR) is 130 cm³/mol. The van der Waals surface area contributed by atoms with Gasteiger partial charge in [0.2, 0.25) is 5.69 Å². The molecule has 1 aromatic heterocycles. The van der Waals surface area contributed by atoms with Gasteiger partial charge in [0.1, 0.15) is 11.9 Å². The third-order valence-electron chi connectivity index (χ3n) is 7.08. The number of hydrogen-bond acceptors (Lipinski definition) is 6. The molecule has 2 N–H and O–H groups in total. The van der Waals surface area contributed by atoms with Crippen molar-refractivity contribution in [2.24, 2.45) is 10.8 Å². The van der Waals surface area contributed by atoms with Gasteiger partial charge in [0.15, 0.2) is 11.5 Å². The molecule has 0 unspecified atom stereocenters. The van der Waals surface area contributed by atoms with E-state index in [1.165, 1.54) is 0 Å². The van der Waals surface area contributed by atoms with E-state index < -0.39 is 0 Å². The molecule has 0 radical (unpaired) electrons. The van der Waals surface area contributed by atoms with Crippen molar-refractivity contribution >= 4 is 29.0 Å². The summed E-state index contributed by atoms with van der Waals surface area (Å²) in [6, 6.07) is 8.40. The minimum atomic E-state index is -0.355. The van der Waals surface area contributed by atoms with Gasteiger partial charge in [-0.1, -0.05) is 45.4 Å². The molecule has 8 nitrogen and oxygen atoms in total. The number of aliphatic hydroxyl groups is 1. The topological polar surface area (TPSA) is 91.9 Å². The molecular formula is C25H30ClN5O3. The molecule has 180 valence electrons.